The number of hydrogen-bond donors (Lipinski definition) is 3. The van der Waals surface area contributed by atoms with Crippen molar-refractivity contribution in [2.24, 2.45) is 5.92 Å². The number of unbranched alkanes of at least 4 members (excludes halogenated alkanes) is 1. The molecule has 1 aromatic rings. The molecule has 20 heavy (non-hydrogen) atoms. The number of phenols is 1. The molecule has 0 heterocycles. The van der Waals surface area contributed by atoms with Gasteiger partial charge in [0.1, 0.15) is 5.75 Å². The van der Waals surface area contributed by atoms with Gasteiger partial charge < -0.3 is 15.5 Å². The summed E-state index contributed by atoms with van der Waals surface area (Å²) < 4.78 is 0. The smallest absolute Gasteiger partial charge is 0.335 e. The van der Waals surface area contributed by atoms with Gasteiger partial charge >= 0.3 is 5.97 Å². The van der Waals surface area contributed by atoms with E-state index in [1.807, 2.05) is 6.92 Å². The summed E-state index contributed by atoms with van der Waals surface area (Å²) in [5, 5.41) is 21.2. The number of carbonyl (C=O) groups is 2. The zero-order valence-electron chi connectivity index (χ0n) is 11.8. The van der Waals surface area contributed by atoms with Crippen LogP contribution in [0, 0.1) is 5.92 Å². The second kappa shape index (κ2) is 7.53. The molecule has 0 aromatic heterocycles. The van der Waals surface area contributed by atoms with Gasteiger partial charge in [-0.05, 0) is 31.0 Å². The molecule has 0 aliphatic heterocycles. The molecule has 0 saturated carbocycles. The minimum Gasteiger partial charge on any atom is -0.506 e. The van der Waals surface area contributed by atoms with Crippen molar-refractivity contribution >= 4 is 17.6 Å². The molecule has 3 N–H and O–H groups in total. The van der Waals surface area contributed by atoms with Crippen molar-refractivity contribution in [1.82, 2.24) is 0 Å². The standard InChI is InChI=1S/C15H21NO4/c1-3-5-6-10(4-2)14(18)16-12-8-7-11(15(19)20)9-13(12)17/h7-10,17H,3-6H2,1-2H3,(H,16,18)(H,19,20). The SMILES string of the molecule is CCCCC(CC)C(=O)Nc1ccc(C(=O)O)cc1O. The van der Waals surface area contributed by atoms with Gasteiger partial charge in [0, 0.05) is 5.92 Å². The number of rotatable bonds is 7. The van der Waals surface area contributed by atoms with Gasteiger partial charge in [0.15, 0.2) is 0 Å². The zero-order valence-corrected chi connectivity index (χ0v) is 11.8. The molecule has 5 heteroatoms. The van der Waals surface area contributed by atoms with Crippen molar-refractivity contribution in [2.75, 3.05) is 5.32 Å². The number of carboxylic acid groups (broad SMARTS) is 1. The third-order valence-corrected chi connectivity index (χ3v) is 3.27. The van der Waals surface area contributed by atoms with Crippen LogP contribution in [-0.2, 0) is 4.79 Å². The zero-order chi connectivity index (χ0) is 15.1. The van der Waals surface area contributed by atoms with E-state index in [4.69, 9.17) is 5.11 Å². The molecule has 0 aliphatic rings. The van der Waals surface area contributed by atoms with Crippen molar-refractivity contribution in [3.63, 3.8) is 0 Å². The number of aromatic hydroxyl groups is 1. The molecule has 110 valence electrons. The Hall–Kier alpha value is -2.04. The molecule has 0 saturated heterocycles. The van der Waals surface area contributed by atoms with Crippen LogP contribution >= 0.6 is 0 Å². The first kappa shape index (κ1) is 16.0. The van der Waals surface area contributed by atoms with Crippen LogP contribution in [0.1, 0.15) is 49.9 Å². The Labute approximate surface area is 118 Å². The van der Waals surface area contributed by atoms with Gasteiger partial charge in [0.05, 0.1) is 11.3 Å². The fraction of sp³-hybridized carbons (Fsp3) is 0.467. The summed E-state index contributed by atoms with van der Waals surface area (Å²) >= 11 is 0. The summed E-state index contributed by atoms with van der Waals surface area (Å²) in [5.41, 5.74) is 0.230. The Kier molecular flexibility index (Phi) is 6.03. The first-order valence-corrected chi connectivity index (χ1v) is 6.86. The highest BCUT2D eigenvalue weighted by molar-refractivity contribution is 5.95. The second-order valence-electron chi connectivity index (χ2n) is 4.77. The Balaban J connectivity index is 2.76. The van der Waals surface area contributed by atoms with Gasteiger partial charge in [-0.3, -0.25) is 4.79 Å². The van der Waals surface area contributed by atoms with Gasteiger partial charge in [-0.2, -0.15) is 0 Å². The molecular formula is C15H21NO4. The van der Waals surface area contributed by atoms with Crippen molar-refractivity contribution in [3.8, 4) is 5.75 Å². The number of phenolic OH excluding ortho intramolecular Hbond substituents is 1. The van der Waals surface area contributed by atoms with E-state index in [1.54, 1.807) is 0 Å². The number of anilines is 1. The first-order chi connectivity index (χ1) is 9.49. The van der Waals surface area contributed by atoms with E-state index in [2.05, 4.69) is 12.2 Å². The number of nitrogens with one attached hydrogen (secondary N) is 1. The predicted octanol–water partition coefficient (Wildman–Crippen LogP) is 3.25. The lowest BCUT2D eigenvalue weighted by Crippen LogP contribution is -2.22. The van der Waals surface area contributed by atoms with Crippen LogP contribution in [0.5, 0.6) is 5.75 Å². The van der Waals surface area contributed by atoms with Crippen molar-refractivity contribution in [1.29, 1.82) is 0 Å². The second-order valence-corrected chi connectivity index (χ2v) is 4.77. The molecule has 0 fully saturated rings. The van der Waals surface area contributed by atoms with Crippen molar-refractivity contribution < 1.29 is 19.8 Å². The van der Waals surface area contributed by atoms with Crippen LogP contribution in [0.25, 0.3) is 0 Å². The minimum atomic E-state index is -1.12. The van der Waals surface area contributed by atoms with Crippen LogP contribution in [-0.4, -0.2) is 22.1 Å². The minimum absolute atomic E-state index is 0.0153. The molecule has 0 bridgehead atoms. The largest absolute Gasteiger partial charge is 0.506 e. The number of amides is 1. The van der Waals surface area contributed by atoms with E-state index in [0.717, 1.165) is 31.7 Å². The fourth-order valence-electron chi connectivity index (χ4n) is 1.98. The van der Waals surface area contributed by atoms with Gasteiger partial charge in [-0.1, -0.05) is 26.7 Å². The molecule has 1 amide bonds. The monoisotopic (exact) mass is 279 g/mol. The maximum absolute atomic E-state index is 12.1. The summed E-state index contributed by atoms with van der Waals surface area (Å²) in [6.45, 7) is 4.02. The average Bonchev–Trinajstić information content (AvgIpc) is 2.41. The van der Waals surface area contributed by atoms with E-state index in [9.17, 15) is 14.7 Å². The highest BCUT2D eigenvalue weighted by Crippen LogP contribution is 2.25. The molecule has 1 atom stereocenters. The number of hydrogen-bond acceptors (Lipinski definition) is 3. The molecular weight excluding hydrogens is 258 g/mol. The van der Waals surface area contributed by atoms with E-state index in [-0.39, 0.29) is 28.8 Å². The van der Waals surface area contributed by atoms with Crippen molar-refractivity contribution in [3.05, 3.63) is 23.8 Å². The van der Waals surface area contributed by atoms with E-state index in [1.165, 1.54) is 12.1 Å². The van der Waals surface area contributed by atoms with E-state index < -0.39 is 5.97 Å². The molecule has 1 unspecified atom stereocenters. The summed E-state index contributed by atoms with van der Waals surface area (Å²) in [6.07, 6.45) is 3.56. The van der Waals surface area contributed by atoms with Gasteiger partial charge in [0.2, 0.25) is 5.91 Å². The lowest BCUT2D eigenvalue weighted by molar-refractivity contribution is -0.120. The quantitative estimate of drug-likeness (QED) is 0.669. The molecule has 5 nitrogen and oxygen atoms in total. The lowest BCUT2D eigenvalue weighted by Gasteiger charge is -2.15. The van der Waals surface area contributed by atoms with Crippen LogP contribution in [0.3, 0.4) is 0 Å². The topological polar surface area (TPSA) is 86.6 Å². The highest BCUT2D eigenvalue weighted by atomic mass is 16.4. The van der Waals surface area contributed by atoms with Crippen LogP contribution in [0.15, 0.2) is 18.2 Å². The number of carbonyl (C=O) groups excluding carboxylic acids is 1. The van der Waals surface area contributed by atoms with E-state index in [0.29, 0.717) is 0 Å². The summed E-state index contributed by atoms with van der Waals surface area (Å²) in [4.78, 5) is 22.8. The highest BCUT2D eigenvalue weighted by Gasteiger charge is 2.17. The maximum atomic E-state index is 12.1. The Morgan fingerprint density at radius 3 is 2.50 bits per heavy atom. The third kappa shape index (κ3) is 4.26. The number of carboxylic acids is 1. The molecule has 1 aromatic carbocycles. The van der Waals surface area contributed by atoms with Crippen LogP contribution in [0.4, 0.5) is 5.69 Å². The number of benzene rings is 1. The Morgan fingerprint density at radius 1 is 1.30 bits per heavy atom. The molecule has 0 spiro atoms. The van der Waals surface area contributed by atoms with Gasteiger partial charge in [-0.25, -0.2) is 4.79 Å². The summed E-state index contributed by atoms with van der Waals surface area (Å²) in [5.74, 6) is -1.58. The average molecular weight is 279 g/mol. The summed E-state index contributed by atoms with van der Waals surface area (Å²) in [7, 11) is 0. The lowest BCUT2D eigenvalue weighted by atomic mass is 9.98. The van der Waals surface area contributed by atoms with Gasteiger partial charge in [0.25, 0.3) is 0 Å². The number of aromatic carboxylic acids is 1. The molecule has 1 rings (SSSR count). The molecule has 0 aliphatic carbocycles. The fourth-order valence-corrected chi connectivity index (χ4v) is 1.98. The van der Waals surface area contributed by atoms with Crippen molar-refractivity contribution in [2.45, 2.75) is 39.5 Å². The predicted molar refractivity (Wildman–Crippen MR) is 77.0 cm³/mol. The third-order valence-electron chi connectivity index (χ3n) is 3.27. The maximum Gasteiger partial charge on any atom is 0.335 e. The Bertz CT molecular complexity index is 485. The van der Waals surface area contributed by atoms with Crippen LogP contribution < -0.4 is 5.32 Å². The van der Waals surface area contributed by atoms with Gasteiger partial charge in [-0.15, -0.1) is 0 Å². The molecule has 0 radical (unpaired) electrons. The van der Waals surface area contributed by atoms with Crippen LogP contribution in [0.2, 0.25) is 0 Å². The summed E-state index contributed by atoms with van der Waals surface area (Å²) in [6, 6.07) is 3.89. The van der Waals surface area contributed by atoms with E-state index >= 15 is 0 Å². The normalized spacial score (nSPS) is 11.9. The first-order valence-electron chi connectivity index (χ1n) is 6.86. The Morgan fingerprint density at radius 2 is 2.00 bits per heavy atom.